The van der Waals surface area contributed by atoms with E-state index < -0.39 is 0 Å². The second-order valence-corrected chi connectivity index (χ2v) is 3.51. The SMILES string of the molecule is Nc1cc(-c2ccc(O)cc2)cnc1Cl. The summed E-state index contributed by atoms with van der Waals surface area (Å²) in [6, 6.07) is 8.56. The quantitative estimate of drug-likeness (QED) is 0.727. The van der Waals surface area contributed by atoms with Gasteiger partial charge in [0.05, 0.1) is 5.69 Å². The molecule has 3 N–H and O–H groups in total. The number of phenols is 1. The van der Waals surface area contributed by atoms with Crippen LogP contribution >= 0.6 is 11.6 Å². The molecule has 0 amide bonds. The number of aromatic nitrogens is 1. The molecule has 0 aliphatic carbocycles. The standard InChI is InChI=1S/C11H9ClN2O/c12-11-10(13)5-8(6-14-11)7-1-3-9(15)4-2-7/h1-6,15H,13H2. The Hall–Kier alpha value is -1.74. The first kappa shape index (κ1) is 9.80. The monoisotopic (exact) mass is 220 g/mol. The number of hydrogen-bond donors (Lipinski definition) is 2. The fourth-order valence-electron chi connectivity index (χ4n) is 1.28. The maximum absolute atomic E-state index is 9.14. The Bertz CT molecular complexity index is 482. The third kappa shape index (κ3) is 2.02. The van der Waals surface area contributed by atoms with Gasteiger partial charge in [0.1, 0.15) is 5.75 Å². The van der Waals surface area contributed by atoms with Crippen LogP contribution in [0.5, 0.6) is 5.75 Å². The number of benzene rings is 1. The van der Waals surface area contributed by atoms with Crippen molar-refractivity contribution < 1.29 is 5.11 Å². The minimum absolute atomic E-state index is 0.230. The molecule has 0 fully saturated rings. The molecule has 0 atom stereocenters. The van der Waals surface area contributed by atoms with Gasteiger partial charge in [-0.3, -0.25) is 0 Å². The highest BCUT2D eigenvalue weighted by atomic mass is 35.5. The fourth-order valence-corrected chi connectivity index (χ4v) is 1.38. The molecule has 1 aromatic heterocycles. The molecule has 1 heterocycles. The van der Waals surface area contributed by atoms with Crippen molar-refractivity contribution in [2.75, 3.05) is 5.73 Å². The van der Waals surface area contributed by atoms with Gasteiger partial charge in [-0.15, -0.1) is 0 Å². The number of pyridine rings is 1. The Morgan fingerprint density at radius 3 is 2.40 bits per heavy atom. The molecule has 0 saturated carbocycles. The predicted molar refractivity (Wildman–Crippen MR) is 60.8 cm³/mol. The van der Waals surface area contributed by atoms with Crippen molar-refractivity contribution in [3.05, 3.63) is 41.7 Å². The van der Waals surface area contributed by atoms with E-state index in [1.165, 1.54) is 0 Å². The number of phenolic OH excluding ortho intramolecular Hbond substituents is 1. The highest BCUT2D eigenvalue weighted by molar-refractivity contribution is 6.31. The third-order valence-corrected chi connectivity index (χ3v) is 2.38. The summed E-state index contributed by atoms with van der Waals surface area (Å²) in [6.07, 6.45) is 1.64. The molecule has 4 heteroatoms. The van der Waals surface area contributed by atoms with Crippen LogP contribution in [0.25, 0.3) is 11.1 Å². The highest BCUT2D eigenvalue weighted by Gasteiger charge is 2.02. The van der Waals surface area contributed by atoms with Crippen molar-refractivity contribution >= 4 is 17.3 Å². The summed E-state index contributed by atoms with van der Waals surface area (Å²) in [6.45, 7) is 0. The normalized spacial score (nSPS) is 10.2. The van der Waals surface area contributed by atoms with Crippen molar-refractivity contribution in [1.82, 2.24) is 4.98 Å². The zero-order chi connectivity index (χ0) is 10.8. The van der Waals surface area contributed by atoms with Gasteiger partial charge < -0.3 is 10.8 Å². The highest BCUT2D eigenvalue weighted by Crippen LogP contribution is 2.25. The average molecular weight is 221 g/mol. The van der Waals surface area contributed by atoms with Gasteiger partial charge in [0.2, 0.25) is 0 Å². The number of nitrogens with zero attached hydrogens (tertiary/aromatic N) is 1. The smallest absolute Gasteiger partial charge is 0.151 e. The second kappa shape index (κ2) is 3.79. The number of halogens is 1. The Kier molecular flexibility index (Phi) is 2.47. The largest absolute Gasteiger partial charge is 0.508 e. The van der Waals surface area contributed by atoms with Crippen molar-refractivity contribution in [2.24, 2.45) is 0 Å². The summed E-state index contributed by atoms with van der Waals surface area (Å²) in [5.74, 6) is 0.230. The van der Waals surface area contributed by atoms with Crippen LogP contribution in [-0.4, -0.2) is 10.1 Å². The van der Waals surface area contributed by atoms with Crippen LogP contribution in [0.4, 0.5) is 5.69 Å². The van der Waals surface area contributed by atoms with Gasteiger partial charge in [0.15, 0.2) is 5.15 Å². The Morgan fingerprint density at radius 1 is 1.13 bits per heavy atom. The number of aromatic hydroxyl groups is 1. The maximum Gasteiger partial charge on any atom is 0.151 e. The van der Waals surface area contributed by atoms with Gasteiger partial charge in [-0.2, -0.15) is 0 Å². The molecule has 0 radical (unpaired) electrons. The Labute approximate surface area is 92.1 Å². The Balaban J connectivity index is 2.45. The molecule has 1 aromatic carbocycles. The molecular formula is C11H9ClN2O. The summed E-state index contributed by atoms with van der Waals surface area (Å²) < 4.78 is 0. The second-order valence-electron chi connectivity index (χ2n) is 3.15. The van der Waals surface area contributed by atoms with E-state index >= 15 is 0 Å². The first-order valence-electron chi connectivity index (χ1n) is 4.37. The number of nitrogens with two attached hydrogens (primary N) is 1. The van der Waals surface area contributed by atoms with Crippen molar-refractivity contribution in [2.45, 2.75) is 0 Å². The van der Waals surface area contributed by atoms with E-state index in [2.05, 4.69) is 4.98 Å². The van der Waals surface area contributed by atoms with Crippen LogP contribution in [-0.2, 0) is 0 Å². The van der Waals surface area contributed by atoms with Gasteiger partial charge in [0.25, 0.3) is 0 Å². The van der Waals surface area contributed by atoms with Crippen LogP contribution in [0.3, 0.4) is 0 Å². The van der Waals surface area contributed by atoms with Crippen molar-refractivity contribution in [3.63, 3.8) is 0 Å². The van der Waals surface area contributed by atoms with Gasteiger partial charge in [-0.1, -0.05) is 23.7 Å². The van der Waals surface area contributed by atoms with Crippen LogP contribution < -0.4 is 5.73 Å². The maximum atomic E-state index is 9.14. The zero-order valence-corrected chi connectivity index (χ0v) is 8.57. The van der Waals surface area contributed by atoms with Crippen LogP contribution in [0.15, 0.2) is 36.5 Å². The van der Waals surface area contributed by atoms with E-state index in [0.717, 1.165) is 11.1 Å². The molecule has 2 rings (SSSR count). The molecule has 2 aromatic rings. The lowest BCUT2D eigenvalue weighted by Gasteiger charge is -2.03. The lowest BCUT2D eigenvalue weighted by atomic mass is 10.1. The molecule has 0 bridgehead atoms. The third-order valence-electron chi connectivity index (χ3n) is 2.07. The number of rotatable bonds is 1. The number of nitrogen functional groups attached to an aromatic ring is 1. The summed E-state index contributed by atoms with van der Waals surface area (Å²) >= 11 is 5.72. The fraction of sp³-hybridized carbons (Fsp3) is 0. The van der Waals surface area contributed by atoms with Gasteiger partial charge in [-0.05, 0) is 23.8 Å². The molecule has 0 unspecified atom stereocenters. The topological polar surface area (TPSA) is 59.1 Å². The average Bonchev–Trinajstić information content (AvgIpc) is 2.23. The predicted octanol–water partition coefficient (Wildman–Crippen LogP) is 2.69. The van der Waals surface area contributed by atoms with Crippen LogP contribution in [0.1, 0.15) is 0 Å². The molecule has 0 spiro atoms. The minimum atomic E-state index is 0.230. The van der Waals surface area contributed by atoms with E-state index in [1.807, 2.05) is 0 Å². The summed E-state index contributed by atoms with van der Waals surface area (Å²) in [7, 11) is 0. The molecule has 0 aliphatic rings. The number of hydrogen-bond acceptors (Lipinski definition) is 3. The summed E-state index contributed by atoms with van der Waals surface area (Å²) in [5, 5.41) is 9.44. The molecular weight excluding hydrogens is 212 g/mol. The molecule has 15 heavy (non-hydrogen) atoms. The minimum Gasteiger partial charge on any atom is -0.508 e. The number of anilines is 1. The van der Waals surface area contributed by atoms with Gasteiger partial charge in [-0.25, -0.2) is 4.98 Å². The van der Waals surface area contributed by atoms with Crippen molar-refractivity contribution in [1.29, 1.82) is 0 Å². The van der Waals surface area contributed by atoms with E-state index in [9.17, 15) is 0 Å². The molecule has 3 nitrogen and oxygen atoms in total. The molecule has 0 saturated heterocycles. The van der Waals surface area contributed by atoms with E-state index in [1.54, 1.807) is 36.5 Å². The first-order chi connectivity index (χ1) is 7.16. The lowest BCUT2D eigenvalue weighted by molar-refractivity contribution is 0.475. The van der Waals surface area contributed by atoms with Gasteiger partial charge in [0, 0.05) is 11.8 Å². The van der Waals surface area contributed by atoms with Crippen LogP contribution in [0, 0.1) is 0 Å². The first-order valence-corrected chi connectivity index (χ1v) is 4.75. The van der Waals surface area contributed by atoms with E-state index in [0.29, 0.717) is 10.8 Å². The zero-order valence-electron chi connectivity index (χ0n) is 7.81. The van der Waals surface area contributed by atoms with Gasteiger partial charge >= 0.3 is 0 Å². The molecule has 76 valence electrons. The molecule has 0 aliphatic heterocycles. The van der Waals surface area contributed by atoms with Crippen molar-refractivity contribution in [3.8, 4) is 16.9 Å². The van der Waals surface area contributed by atoms with E-state index in [-0.39, 0.29) is 5.75 Å². The Morgan fingerprint density at radius 2 is 1.80 bits per heavy atom. The summed E-state index contributed by atoms with van der Waals surface area (Å²) in [5.41, 5.74) is 7.90. The van der Waals surface area contributed by atoms with Crippen LogP contribution in [0.2, 0.25) is 5.15 Å². The lowest BCUT2D eigenvalue weighted by Crippen LogP contribution is -1.90. The van der Waals surface area contributed by atoms with E-state index in [4.69, 9.17) is 22.4 Å². The summed E-state index contributed by atoms with van der Waals surface area (Å²) in [4.78, 5) is 3.96.